The van der Waals surface area contributed by atoms with Crippen LogP contribution in [0.5, 0.6) is 0 Å². The van der Waals surface area contributed by atoms with Crippen molar-refractivity contribution in [2.75, 3.05) is 51.2 Å². The summed E-state index contributed by atoms with van der Waals surface area (Å²) in [6.07, 6.45) is 4.17. The third kappa shape index (κ3) is 4.47. The smallest absolute Gasteiger partial charge is 0.222 e. The van der Waals surface area contributed by atoms with E-state index < -0.39 is 0 Å². The third-order valence-electron chi connectivity index (χ3n) is 5.43. The normalized spacial score (nSPS) is 20.4. The highest BCUT2D eigenvalue weighted by Crippen LogP contribution is 2.22. The maximum absolute atomic E-state index is 13.0. The van der Waals surface area contributed by atoms with Crippen LogP contribution in [-0.2, 0) is 4.79 Å². The Labute approximate surface area is 144 Å². The summed E-state index contributed by atoms with van der Waals surface area (Å²) in [5.41, 5.74) is 1.04. The minimum Gasteiger partial charge on any atom is -0.368 e. The summed E-state index contributed by atoms with van der Waals surface area (Å²) >= 11 is 0. The number of halogens is 1. The van der Waals surface area contributed by atoms with E-state index in [4.69, 9.17) is 0 Å². The second-order valence-electron chi connectivity index (χ2n) is 7.13. The second-order valence-corrected chi connectivity index (χ2v) is 7.13. The lowest BCUT2D eigenvalue weighted by atomic mass is 9.92. The zero-order valence-corrected chi connectivity index (χ0v) is 14.6. The Balaban J connectivity index is 1.41. The summed E-state index contributed by atoms with van der Waals surface area (Å²) in [4.78, 5) is 19.0. The predicted molar refractivity (Wildman–Crippen MR) is 94.6 cm³/mol. The van der Waals surface area contributed by atoms with Gasteiger partial charge in [0.15, 0.2) is 0 Å². The first-order valence-corrected chi connectivity index (χ1v) is 9.08. The van der Waals surface area contributed by atoms with Gasteiger partial charge in [-0.25, -0.2) is 4.39 Å². The summed E-state index contributed by atoms with van der Waals surface area (Å²) in [5, 5.41) is 0. The number of anilines is 1. The Bertz CT molecular complexity index is 532. The molecule has 1 aromatic carbocycles. The molecule has 1 amide bonds. The van der Waals surface area contributed by atoms with E-state index in [0.29, 0.717) is 18.2 Å². The van der Waals surface area contributed by atoms with Crippen LogP contribution in [0.4, 0.5) is 10.1 Å². The van der Waals surface area contributed by atoms with Crippen molar-refractivity contribution < 1.29 is 9.18 Å². The van der Waals surface area contributed by atoms with Crippen molar-refractivity contribution in [1.29, 1.82) is 0 Å². The van der Waals surface area contributed by atoms with Crippen LogP contribution >= 0.6 is 0 Å². The molecule has 5 heteroatoms. The van der Waals surface area contributed by atoms with Crippen molar-refractivity contribution in [1.82, 2.24) is 9.80 Å². The van der Waals surface area contributed by atoms with Gasteiger partial charge < -0.3 is 14.7 Å². The third-order valence-corrected chi connectivity index (χ3v) is 5.43. The van der Waals surface area contributed by atoms with E-state index in [1.807, 2.05) is 17.0 Å². The first-order chi connectivity index (χ1) is 11.6. The lowest BCUT2D eigenvalue weighted by Crippen LogP contribution is -2.48. The number of piperidine rings is 1. The Morgan fingerprint density at radius 1 is 1.04 bits per heavy atom. The lowest BCUT2D eigenvalue weighted by molar-refractivity contribution is -0.131. The standard InChI is InChI=1S/C19H28FN3O/c1-21-10-8-16(9-11-21)2-7-19(24)23-14-12-22(13-15-23)18-5-3-17(20)4-6-18/h3-6,16H,2,7-15H2,1H3. The highest BCUT2D eigenvalue weighted by Gasteiger charge is 2.23. The molecule has 0 radical (unpaired) electrons. The van der Waals surface area contributed by atoms with Crippen molar-refractivity contribution in [3.8, 4) is 0 Å². The van der Waals surface area contributed by atoms with E-state index in [-0.39, 0.29) is 5.82 Å². The quantitative estimate of drug-likeness (QED) is 0.847. The van der Waals surface area contributed by atoms with Crippen molar-refractivity contribution in [2.45, 2.75) is 25.7 Å². The van der Waals surface area contributed by atoms with Crippen LogP contribution < -0.4 is 4.90 Å². The van der Waals surface area contributed by atoms with E-state index in [1.54, 1.807) is 0 Å². The highest BCUT2D eigenvalue weighted by atomic mass is 19.1. The molecule has 0 saturated carbocycles. The zero-order valence-electron chi connectivity index (χ0n) is 14.6. The molecule has 0 unspecified atom stereocenters. The molecule has 0 N–H and O–H groups in total. The molecular formula is C19H28FN3O. The molecule has 2 fully saturated rings. The van der Waals surface area contributed by atoms with Crippen molar-refractivity contribution in [2.24, 2.45) is 5.92 Å². The Morgan fingerprint density at radius 2 is 1.67 bits per heavy atom. The zero-order chi connectivity index (χ0) is 16.9. The average Bonchev–Trinajstić information content (AvgIpc) is 2.62. The molecule has 0 aromatic heterocycles. The van der Waals surface area contributed by atoms with Gasteiger partial charge in [-0.1, -0.05) is 0 Å². The molecule has 4 nitrogen and oxygen atoms in total. The van der Waals surface area contributed by atoms with Crippen LogP contribution in [0.15, 0.2) is 24.3 Å². The molecule has 1 aromatic rings. The van der Waals surface area contributed by atoms with Gasteiger partial charge in [-0.2, -0.15) is 0 Å². The molecule has 2 aliphatic rings. The molecule has 2 heterocycles. The van der Waals surface area contributed by atoms with Gasteiger partial charge in [0, 0.05) is 38.3 Å². The highest BCUT2D eigenvalue weighted by molar-refractivity contribution is 5.76. The number of benzene rings is 1. The number of hydrogen-bond acceptors (Lipinski definition) is 3. The maximum Gasteiger partial charge on any atom is 0.222 e. The molecule has 0 aliphatic carbocycles. The largest absolute Gasteiger partial charge is 0.368 e. The Kier molecular flexibility index (Phi) is 5.72. The number of carbonyl (C=O) groups excluding carboxylic acids is 1. The molecule has 0 atom stereocenters. The fourth-order valence-corrected chi connectivity index (χ4v) is 3.70. The Morgan fingerprint density at radius 3 is 2.29 bits per heavy atom. The van der Waals surface area contributed by atoms with Gasteiger partial charge in [0.05, 0.1) is 0 Å². The number of amides is 1. The number of rotatable bonds is 4. The molecular weight excluding hydrogens is 305 g/mol. The summed E-state index contributed by atoms with van der Waals surface area (Å²) in [5.74, 6) is 0.805. The number of carbonyl (C=O) groups is 1. The fourth-order valence-electron chi connectivity index (χ4n) is 3.70. The monoisotopic (exact) mass is 333 g/mol. The SMILES string of the molecule is CN1CCC(CCC(=O)N2CCN(c3ccc(F)cc3)CC2)CC1. The van der Waals surface area contributed by atoms with Crippen LogP contribution in [0.25, 0.3) is 0 Å². The van der Waals surface area contributed by atoms with Gasteiger partial charge in [0.1, 0.15) is 5.82 Å². The number of nitrogens with zero attached hydrogens (tertiary/aromatic N) is 3. The summed E-state index contributed by atoms with van der Waals surface area (Å²) in [6.45, 7) is 5.51. The molecule has 2 aliphatic heterocycles. The summed E-state index contributed by atoms with van der Waals surface area (Å²) in [6, 6.07) is 6.61. The van der Waals surface area contributed by atoms with E-state index in [0.717, 1.165) is 51.4 Å². The molecule has 0 bridgehead atoms. The van der Waals surface area contributed by atoms with E-state index in [1.165, 1.54) is 25.0 Å². The predicted octanol–water partition coefficient (Wildman–Crippen LogP) is 2.60. The van der Waals surface area contributed by atoms with Gasteiger partial charge in [0.25, 0.3) is 0 Å². The van der Waals surface area contributed by atoms with Crippen LogP contribution in [0.3, 0.4) is 0 Å². The number of piperazine rings is 1. The summed E-state index contributed by atoms with van der Waals surface area (Å²) < 4.78 is 13.0. The number of likely N-dealkylation sites (tertiary alicyclic amines) is 1. The summed E-state index contributed by atoms with van der Waals surface area (Å²) in [7, 11) is 2.17. The van der Waals surface area contributed by atoms with Crippen molar-refractivity contribution in [3.05, 3.63) is 30.1 Å². The molecule has 0 spiro atoms. The average molecular weight is 333 g/mol. The van der Waals surface area contributed by atoms with Gasteiger partial charge in [0.2, 0.25) is 5.91 Å². The molecule has 3 rings (SSSR count). The number of hydrogen-bond donors (Lipinski definition) is 0. The van der Waals surface area contributed by atoms with E-state index in [2.05, 4.69) is 16.8 Å². The van der Waals surface area contributed by atoms with Gasteiger partial charge >= 0.3 is 0 Å². The minimum absolute atomic E-state index is 0.207. The first-order valence-electron chi connectivity index (χ1n) is 9.08. The van der Waals surface area contributed by atoms with E-state index in [9.17, 15) is 9.18 Å². The topological polar surface area (TPSA) is 26.8 Å². The van der Waals surface area contributed by atoms with Crippen LogP contribution in [0.2, 0.25) is 0 Å². The molecule has 2 saturated heterocycles. The van der Waals surface area contributed by atoms with E-state index >= 15 is 0 Å². The fraction of sp³-hybridized carbons (Fsp3) is 0.632. The second kappa shape index (κ2) is 7.97. The maximum atomic E-state index is 13.0. The van der Waals surface area contributed by atoms with Crippen LogP contribution in [0, 0.1) is 11.7 Å². The molecule has 132 valence electrons. The minimum atomic E-state index is -0.207. The molecule has 24 heavy (non-hydrogen) atoms. The Hall–Kier alpha value is -1.62. The van der Waals surface area contributed by atoms with Crippen molar-refractivity contribution in [3.63, 3.8) is 0 Å². The van der Waals surface area contributed by atoms with Crippen LogP contribution in [0.1, 0.15) is 25.7 Å². The van der Waals surface area contributed by atoms with Gasteiger partial charge in [-0.05, 0) is 69.6 Å². The lowest BCUT2D eigenvalue weighted by Gasteiger charge is -2.36. The van der Waals surface area contributed by atoms with Gasteiger partial charge in [-0.15, -0.1) is 0 Å². The van der Waals surface area contributed by atoms with Crippen molar-refractivity contribution >= 4 is 11.6 Å². The van der Waals surface area contributed by atoms with Gasteiger partial charge in [-0.3, -0.25) is 4.79 Å². The first kappa shape index (κ1) is 17.2. The van der Waals surface area contributed by atoms with Crippen LogP contribution in [-0.4, -0.2) is 62.0 Å².